The molecule has 3 heteroatoms. The second-order valence-corrected chi connectivity index (χ2v) is 5.63. The predicted molar refractivity (Wildman–Crippen MR) is 58.8 cm³/mol. The molecule has 0 saturated heterocycles. The highest BCUT2D eigenvalue weighted by Gasteiger charge is 2.36. The molecule has 15 heavy (non-hydrogen) atoms. The van der Waals surface area contributed by atoms with Crippen molar-refractivity contribution in [2.75, 3.05) is 0 Å². The first kappa shape index (κ1) is 12.5. The Morgan fingerprint density at radius 2 is 1.93 bits per heavy atom. The SMILES string of the molecule is CC1CCC(C(=O)O)C(OC(C)(C)C)C1. The van der Waals surface area contributed by atoms with Crippen molar-refractivity contribution in [1.82, 2.24) is 0 Å². The minimum atomic E-state index is -0.712. The van der Waals surface area contributed by atoms with Crippen LogP contribution in [-0.2, 0) is 9.53 Å². The zero-order chi connectivity index (χ0) is 11.6. The molecule has 0 aromatic rings. The predicted octanol–water partition coefficient (Wildman–Crippen LogP) is 2.69. The lowest BCUT2D eigenvalue weighted by Gasteiger charge is -2.36. The third-order valence-corrected chi connectivity index (χ3v) is 2.88. The number of hydrogen-bond donors (Lipinski definition) is 1. The number of carboxylic acid groups (broad SMARTS) is 1. The van der Waals surface area contributed by atoms with Gasteiger partial charge in [-0.25, -0.2) is 0 Å². The normalized spacial score (nSPS) is 32.7. The molecule has 0 radical (unpaired) electrons. The van der Waals surface area contributed by atoms with Crippen LogP contribution in [0.25, 0.3) is 0 Å². The molecule has 1 N–H and O–H groups in total. The van der Waals surface area contributed by atoms with Crippen molar-refractivity contribution in [3.05, 3.63) is 0 Å². The Kier molecular flexibility index (Phi) is 3.77. The molecule has 1 saturated carbocycles. The van der Waals surface area contributed by atoms with Gasteiger partial charge < -0.3 is 9.84 Å². The number of aliphatic carboxylic acids is 1. The van der Waals surface area contributed by atoms with Crippen molar-refractivity contribution >= 4 is 5.97 Å². The van der Waals surface area contributed by atoms with Crippen LogP contribution in [0.5, 0.6) is 0 Å². The van der Waals surface area contributed by atoms with Crippen molar-refractivity contribution in [3.63, 3.8) is 0 Å². The van der Waals surface area contributed by atoms with E-state index in [1.807, 2.05) is 20.8 Å². The number of carboxylic acids is 1. The van der Waals surface area contributed by atoms with E-state index in [9.17, 15) is 4.79 Å². The van der Waals surface area contributed by atoms with Crippen molar-refractivity contribution in [1.29, 1.82) is 0 Å². The number of carbonyl (C=O) groups is 1. The van der Waals surface area contributed by atoms with E-state index in [1.54, 1.807) is 0 Å². The van der Waals surface area contributed by atoms with E-state index in [2.05, 4.69) is 6.92 Å². The molecular weight excluding hydrogens is 192 g/mol. The molecule has 1 aliphatic rings. The van der Waals surface area contributed by atoms with Crippen LogP contribution in [0.15, 0.2) is 0 Å². The zero-order valence-corrected chi connectivity index (χ0v) is 10.1. The lowest BCUT2D eigenvalue weighted by Crippen LogP contribution is -2.40. The molecule has 0 amide bonds. The van der Waals surface area contributed by atoms with Gasteiger partial charge in [0, 0.05) is 0 Å². The minimum absolute atomic E-state index is 0.119. The van der Waals surface area contributed by atoms with Crippen molar-refractivity contribution in [2.45, 2.75) is 58.7 Å². The van der Waals surface area contributed by atoms with Gasteiger partial charge in [-0.2, -0.15) is 0 Å². The summed E-state index contributed by atoms with van der Waals surface area (Å²) in [4.78, 5) is 11.1. The molecule has 3 unspecified atom stereocenters. The van der Waals surface area contributed by atoms with Gasteiger partial charge in [0.25, 0.3) is 0 Å². The van der Waals surface area contributed by atoms with Crippen LogP contribution in [0.4, 0.5) is 0 Å². The molecule has 1 aliphatic carbocycles. The third-order valence-electron chi connectivity index (χ3n) is 2.88. The first-order valence-electron chi connectivity index (χ1n) is 5.70. The van der Waals surface area contributed by atoms with Gasteiger partial charge in [-0.05, 0) is 46.0 Å². The lowest BCUT2D eigenvalue weighted by molar-refractivity contribution is -0.159. The molecule has 0 aromatic carbocycles. The number of ether oxygens (including phenoxy) is 1. The van der Waals surface area contributed by atoms with Crippen LogP contribution in [0.2, 0.25) is 0 Å². The molecule has 0 spiro atoms. The Morgan fingerprint density at radius 3 is 2.40 bits per heavy atom. The van der Waals surface area contributed by atoms with E-state index in [4.69, 9.17) is 9.84 Å². The van der Waals surface area contributed by atoms with Gasteiger partial charge in [0.2, 0.25) is 0 Å². The highest BCUT2D eigenvalue weighted by molar-refractivity contribution is 5.70. The van der Waals surface area contributed by atoms with Gasteiger partial charge in [-0.3, -0.25) is 4.79 Å². The summed E-state index contributed by atoms with van der Waals surface area (Å²) in [7, 11) is 0. The summed E-state index contributed by atoms with van der Waals surface area (Å²) in [6.07, 6.45) is 2.50. The van der Waals surface area contributed by atoms with E-state index in [-0.39, 0.29) is 17.6 Å². The highest BCUT2D eigenvalue weighted by atomic mass is 16.5. The fourth-order valence-electron chi connectivity index (χ4n) is 2.20. The van der Waals surface area contributed by atoms with Crippen molar-refractivity contribution in [2.24, 2.45) is 11.8 Å². The molecule has 1 rings (SSSR count). The van der Waals surface area contributed by atoms with E-state index < -0.39 is 5.97 Å². The summed E-state index contributed by atoms with van der Waals surface area (Å²) < 4.78 is 5.84. The van der Waals surface area contributed by atoms with Crippen LogP contribution < -0.4 is 0 Å². The van der Waals surface area contributed by atoms with Crippen LogP contribution in [0.1, 0.15) is 47.0 Å². The van der Waals surface area contributed by atoms with Crippen LogP contribution >= 0.6 is 0 Å². The van der Waals surface area contributed by atoms with E-state index in [0.717, 1.165) is 19.3 Å². The molecule has 1 fully saturated rings. The van der Waals surface area contributed by atoms with E-state index in [1.165, 1.54) is 0 Å². The second kappa shape index (κ2) is 4.52. The molecular formula is C12H22O3. The van der Waals surface area contributed by atoms with Gasteiger partial charge in [0.1, 0.15) is 0 Å². The molecule has 0 aromatic heterocycles. The molecule has 0 bridgehead atoms. The summed E-state index contributed by atoms with van der Waals surface area (Å²) in [6.45, 7) is 8.10. The quantitative estimate of drug-likeness (QED) is 0.768. The maximum absolute atomic E-state index is 11.1. The van der Waals surface area contributed by atoms with Crippen LogP contribution in [0.3, 0.4) is 0 Å². The Labute approximate surface area is 91.8 Å². The largest absolute Gasteiger partial charge is 0.481 e. The standard InChI is InChI=1S/C12H22O3/c1-8-5-6-9(11(13)14)10(7-8)15-12(2,3)4/h8-10H,5-7H2,1-4H3,(H,13,14). The van der Waals surface area contributed by atoms with Gasteiger partial charge >= 0.3 is 5.97 Å². The van der Waals surface area contributed by atoms with Crippen LogP contribution in [-0.4, -0.2) is 22.8 Å². The molecule has 0 heterocycles. The Balaban J connectivity index is 2.66. The molecule has 3 atom stereocenters. The minimum Gasteiger partial charge on any atom is -0.481 e. The zero-order valence-electron chi connectivity index (χ0n) is 10.1. The Morgan fingerprint density at radius 1 is 1.33 bits per heavy atom. The Bertz CT molecular complexity index is 230. The summed E-state index contributed by atoms with van der Waals surface area (Å²) in [6, 6.07) is 0. The van der Waals surface area contributed by atoms with E-state index in [0.29, 0.717) is 5.92 Å². The monoisotopic (exact) mass is 214 g/mol. The summed E-state index contributed by atoms with van der Waals surface area (Å²) in [5.74, 6) is -0.454. The van der Waals surface area contributed by atoms with Crippen molar-refractivity contribution in [3.8, 4) is 0 Å². The third kappa shape index (κ3) is 3.82. The topological polar surface area (TPSA) is 46.5 Å². The smallest absolute Gasteiger partial charge is 0.309 e. The molecule has 3 nitrogen and oxygen atoms in total. The maximum Gasteiger partial charge on any atom is 0.309 e. The second-order valence-electron chi connectivity index (χ2n) is 5.63. The van der Waals surface area contributed by atoms with Gasteiger partial charge in [-0.1, -0.05) is 6.92 Å². The highest BCUT2D eigenvalue weighted by Crippen LogP contribution is 2.33. The fourth-order valence-corrected chi connectivity index (χ4v) is 2.20. The first-order valence-corrected chi connectivity index (χ1v) is 5.70. The summed E-state index contributed by atoms with van der Waals surface area (Å²) >= 11 is 0. The maximum atomic E-state index is 11.1. The number of rotatable bonds is 2. The fraction of sp³-hybridized carbons (Fsp3) is 0.917. The average Bonchev–Trinajstić information content (AvgIpc) is 1.99. The van der Waals surface area contributed by atoms with Crippen molar-refractivity contribution < 1.29 is 14.6 Å². The van der Waals surface area contributed by atoms with E-state index >= 15 is 0 Å². The Hall–Kier alpha value is -0.570. The van der Waals surface area contributed by atoms with Gasteiger partial charge in [0.05, 0.1) is 17.6 Å². The summed E-state index contributed by atoms with van der Waals surface area (Å²) in [5, 5.41) is 9.11. The number of hydrogen-bond acceptors (Lipinski definition) is 2. The average molecular weight is 214 g/mol. The van der Waals surface area contributed by atoms with Gasteiger partial charge in [-0.15, -0.1) is 0 Å². The van der Waals surface area contributed by atoms with Crippen LogP contribution in [0, 0.1) is 11.8 Å². The van der Waals surface area contributed by atoms with Gasteiger partial charge in [0.15, 0.2) is 0 Å². The first-order chi connectivity index (χ1) is 6.79. The molecule has 0 aliphatic heterocycles. The lowest BCUT2D eigenvalue weighted by atomic mass is 9.80. The molecule has 88 valence electrons. The summed E-state index contributed by atoms with van der Waals surface area (Å²) in [5.41, 5.74) is -0.255.